The highest BCUT2D eigenvalue weighted by Crippen LogP contribution is 2.42. The zero-order valence-corrected chi connectivity index (χ0v) is 26.0. The fourth-order valence-electron chi connectivity index (χ4n) is 6.32. The third-order valence-electron chi connectivity index (χ3n) is 8.67. The predicted octanol–water partition coefficient (Wildman–Crippen LogP) is 3.80. The number of hydrogen-bond donors (Lipinski definition) is 5. The molecule has 0 fully saturated rings. The third-order valence-corrected chi connectivity index (χ3v) is 8.67. The van der Waals surface area contributed by atoms with Crippen LogP contribution < -0.4 is 20.1 Å². The lowest BCUT2D eigenvalue weighted by molar-refractivity contribution is -0.121. The first-order valence-electron chi connectivity index (χ1n) is 15.8. The highest BCUT2D eigenvalue weighted by Gasteiger charge is 2.30. The van der Waals surface area contributed by atoms with Crippen LogP contribution >= 0.6 is 0 Å². The number of ether oxygens (including phenoxy) is 2. The molecule has 1 aliphatic carbocycles. The maximum absolute atomic E-state index is 12.8. The van der Waals surface area contributed by atoms with Gasteiger partial charge < -0.3 is 35.4 Å². The summed E-state index contributed by atoms with van der Waals surface area (Å²) in [6.07, 6.45) is 3.87. The molecule has 0 saturated carbocycles. The lowest BCUT2D eigenvalue weighted by atomic mass is 9.85. The van der Waals surface area contributed by atoms with Crippen LogP contribution in [0.2, 0.25) is 0 Å². The number of phenols is 2. The number of carbonyl (C=O) groups is 1. The maximum atomic E-state index is 12.8. The number of benzene rings is 2. The number of aryl methyl sites for hydroxylation is 2. The number of aromatic hydroxyl groups is 2. The van der Waals surface area contributed by atoms with Crippen molar-refractivity contribution in [2.75, 3.05) is 26.8 Å². The van der Waals surface area contributed by atoms with E-state index in [0.717, 1.165) is 55.0 Å². The Morgan fingerprint density at radius 3 is 2.77 bits per heavy atom. The zero-order chi connectivity index (χ0) is 31.2. The molecule has 2 heterocycles. The van der Waals surface area contributed by atoms with Crippen molar-refractivity contribution in [3.63, 3.8) is 0 Å². The number of phenolic OH excluding ortho intramolecular Hbond substituents is 2. The molecule has 0 radical (unpaired) electrons. The lowest BCUT2D eigenvalue weighted by Crippen LogP contribution is -2.48. The number of Topliss-reactive ketones (excluding diaryl/α,β-unsaturated/α-hetero) is 1. The molecule has 5 N–H and O–H groups in total. The van der Waals surface area contributed by atoms with Crippen molar-refractivity contribution in [3.8, 4) is 34.8 Å². The van der Waals surface area contributed by atoms with Crippen LogP contribution in [0, 0.1) is 23.7 Å². The molecule has 3 atom stereocenters. The minimum absolute atomic E-state index is 0.0269. The number of rotatable bonds is 5. The lowest BCUT2D eigenvalue weighted by Gasteiger charge is -2.33. The first kappa shape index (κ1) is 31.5. The summed E-state index contributed by atoms with van der Waals surface area (Å²) in [5, 5.41) is 39.5. The first-order valence-corrected chi connectivity index (χ1v) is 15.8. The van der Waals surface area contributed by atoms with Crippen molar-refractivity contribution < 1.29 is 29.6 Å². The van der Waals surface area contributed by atoms with E-state index in [0.29, 0.717) is 48.7 Å². The van der Waals surface area contributed by atoms with Crippen LogP contribution in [0.15, 0.2) is 23.2 Å². The second kappa shape index (κ2) is 14.3. The topological polar surface area (TPSA) is 133 Å². The monoisotopic (exact) mass is 603 g/mol. The number of ketones is 1. The fourth-order valence-corrected chi connectivity index (χ4v) is 6.32. The van der Waals surface area contributed by atoms with Gasteiger partial charge in [0.15, 0.2) is 29.0 Å². The van der Waals surface area contributed by atoms with E-state index in [1.165, 1.54) is 7.11 Å². The Bertz CT molecular complexity index is 1460. The van der Waals surface area contributed by atoms with E-state index < -0.39 is 6.10 Å². The molecule has 0 unspecified atom stereocenters. The number of fused-ring (bicyclic) bond motifs is 5. The van der Waals surface area contributed by atoms with Gasteiger partial charge in [0.25, 0.3) is 0 Å². The highest BCUT2D eigenvalue weighted by molar-refractivity contribution is 5.80. The number of aliphatic imine (C=N–C) groups is 1. The summed E-state index contributed by atoms with van der Waals surface area (Å²) in [6, 6.07) is 5.55. The van der Waals surface area contributed by atoms with Gasteiger partial charge in [0.1, 0.15) is 5.78 Å². The van der Waals surface area contributed by atoms with E-state index in [4.69, 9.17) is 9.47 Å². The molecular weight excluding hydrogens is 558 g/mol. The molecular formula is C35H45N3O6. The average Bonchev–Trinajstić information content (AvgIpc) is 3.00. The summed E-state index contributed by atoms with van der Waals surface area (Å²) in [4.78, 5) is 17.4. The number of guanidine groups is 1. The van der Waals surface area contributed by atoms with Gasteiger partial charge in [-0.25, -0.2) is 0 Å². The van der Waals surface area contributed by atoms with Gasteiger partial charge in [-0.05, 0) is 67.6 Å². The van der Waals surface area contributed by atoms with E-state index in [-0.39, 0.29) is 54.3 Å². The summed E-state index contributed by atoms with van der Waals surface area (Å²) in [7, 11) is 1.47. The Labute approximate surface area is 260 Å². The Hall–Kier alpha value is -3.90. The van der Waals surface area contributed by atoms with Crippen LogP contribution in [-0.4, -0.2) is 66.0 Å². The van der Waals surface area contributed by atoms with Crippen LogP contribution in [0.5, 0.6) is 23.0 Å². The number of aliphatic hydroxyl groups is 1. The molecule has 9 nitrogen and oxygen atoms in total. The number of methoxy groups -OCH3 is 1. The number of nitrogens with zero attached hydrogens (tertiary/aromatic N) is 1. The normalized spacial score (nSPS) is 22.1. The molecule has 2 aromatic carbocycles. The predicted molar refractivity (Wildman–Crippen MR) is 170 cm³/mol. The van der Waals surface area contributed by atoms with Crippen LogP contribution in [0.3, 0.4) is 0 Å². The summed E-state index contributed by atoms with van der Waals surface area (Å²) in [5.74, 6) is 8.74. The molecule has 3 aliphatic rings. The maximum Gasteiger partial charge on any atom is 0.191 e. The molecule has 236 valence electrons. The quantitative estimate of drug-likeness (QED) is 0.326. The van der Waals surface area contributed by atoms with E-state index in [2.05, 4.69) is 41.3 Å². The van der Waals surface area contributed by atoms with E-state index in [1.807, 2.05) is 6.07 Å². The van der Waals surface area contributed by atoms with Gasteiger partial charge in [-0.2, -0.15) is 0 Å². The van der Waals surface area contributed by atoms with Gasteiger partial charge >= 0.3 is 0 Å². The Morgan fingerprint density at radius 1 is 1.14 bits per heavy atom. The molecule has 44 heavy (non-hydrogen) atoms. The Kier molecular flexibility index (Phi) is 10.2. The summed E-state index contributed by atoms with van der Waals surface area (Å²) < 4.78 is 11.7. The minimum Gasteiger partial charge on any atom is -0.504 e. The molecule has 0 amide bonds. The van der Waals surface area contributed by atoms with Gasteiger partial charge in [0.05, 0.1) is 25.4 Å². The van der Waals surface area contributed by atoms with E-state index in [1.54, 1.807) is 12.1 Å². The Balaban J connectivity index is 1.41. The summed E-state index contributed by atoms with van der Waals surface area (Å²) in [5.41, 5.74) is 3.94. The second-order valence-corrected chi connectivity index (χ2v) is 12.7. The molecule has 0 spiro atoms. The van der Waals surface area contributed by atoms with Crippen LogP contribution in [0.1, 0.15) is 73.8 Å². The van der Waals surface area contributed by atoms with Crippen LogP contribution in [0.4, 0.5) is 0 Å². The van der Waals surface area contributed by atoms with E-state index >= 15 is 0 Å². The molecule has 2 bridgehead atoms. The first-order chi connectivity index (χ1) is 21.2. The zero-order valence-electron chi connectivity index (χ0n) is 26.0. The molecule has 0 aromatic heterocycles. The van der Waals surface area contributed by atoms with Crippen molar-refractivity contribution in [3.05, 3.63) is 46.0 Å². The van der Waals surface area contributed by atoms with E-state index in [9.17, 15) is 20.1 Å². The largest absolute Gasteiger partial charge is 0.504 e. The van der Waals surface area contributed by atoms with Gasteiger partial charge in [-0.15, -0.1) is 0 Å². The van der Waals surface area contributed by atoms with Gasteiger partial charge in [0.2, 0.25) is 0 Å². The molecule has 0 saturated heterocycles. The van der Waals surface area contributed by atoms with Gasteiger partial charge in [0, 0.05) is 49.5 Å². The fraction of sp³-hybridized carbons (Fsp3) is 0.543. The van der Waals surface area contributed by atoms with Crippen LogP contribution in [0.25, 0.3) is 0 Å². The standard InChI is InChI=1S/C35H45N3O6/c1-21(2)19-37-35-36-14-13-26(38-35)15-22-16-30-24-8-11-28(40)18-27(39)10-7-23-9-12-31(41)33(43-3)29(23)6-4-5-25(17-24)32(42)34(30)44-20-22/h9,12,17,21-22,26,28,40-42H,5,7-8,10-11,13-16,18-20H2,1-3H3,(H2,36,37,38)/t22-,26+,28-/m1/s1. The number of carbonyl (C=O) groups excluding carboxylic acids is 1. The Morgan fingerprint density at radius 2 is 1.98 bits per heavy atom. The van der Waals surface area contributed by atoms with Crippen molar-refractivity contribution in [2.24, 2.45) is 16.8 Å². The van der Waals surface area contributed by atoms with Crippen molar-refractivity contribution in [1.29, 1.82) is 0 Å². The number of aliphatic hydroxyl groups excluding tert-OH is 1. The average molecular weight is 604 g/mol. The molecule has 2 aliphatic heterocycles. The summed E-state index contributed by atoms with van der Waals surface area (Å²) >= 11 is 0. The van der Waals surface area contributed by atoms with Crippen LogP contribution in [-0.2, 0) is 30.5 Å². The van der Waals surface area contributed by atoms with Gasteiger partial charge in [-0.3, -0.25) is 9.79 Å². The van der Waals surface area contributed by atoms with Crippen molar-refractivity contribution >= 4 is 11.7 Å². The van der Waals surface area contributed by atoms with Crippen molar-refractivity contribution in [1.82, 2.24) is 10.6 Å². The van der Waals surface area contributed by atoms with Gasteiger partial charge in [-0.1, -0.05) is 37.8 Å². The second-order valence-electron chi connectivity index (χ2n) is 12.7. The molecule has 2 aromatic rings. The van der Waals surface area contributed by atoms with Crippen molar-refractivity contribution in [2.45, 2.75) is 83.8 Å². The minimum atomic E-state index is -0.770. The highest BCUT2D eigenvalue weighted by atomic mass is 16.5. The summed E-state index contributed by atoms with van der Waals surface area (Å²) in [6.45, 7) is 6.49. The number of hydrogen-bond acceptors (Lipinski definition) is 9. The number of nitrogens with one attached hydrogen (secondary N) is 2. The smallest absolute Gasteiger partial charge is 0.191 e. The molecule has 9 heteroatoms. The molecule has 5 rings (SSSR count). The SMILES string of the molecule is COc1c(O)ccc2c1C#CCc1cc(c3c(c1O)OC[C@H](C[C@@H]1CCN=C(NCC(C)C)N1)C3)CC[C@@H](O)CC(=O)CC2. The third kappa shape index (κ3) is 7.59.